The molecule has 5 nitrogen and oxygen atoms in total. The van der Waals surface area contributed by atoms with E-state index in [9.17, 15) is 8.42 Å². The number of hydrogen-bond donors (Lipinski definition) is 2. The standard InChI is InChI=1S/C20H26ClN3O2S2/c1-4-22-20(23-11-12-27-18-8-6-17(21)7-9-18)24-14-16-5-10-19(15(2)13-16)28(3,25)26/h5-10,13H,4,11-12,14H2,1-3H3,(H2,22,23,24). The summed E-state index contributed by atoms with van der Waals surface area (Å²) < 4.78 is 23.5. The maximum absolute atomic E-state index is 11.7. The second-order valence-electron chi connectivity index (χ2n) is 6.30. The number of sulfone groups is 1. The Bertz CT molecular complexity index is 914. The first-order valence-electron chi connectivity index (χ1n) is 8.99. The molecule has 2 aromatic rings. The molecular formula is C20H26ClN3O2S2. The van der Waals surface area contributed by atoms with E-state index in [1.165, 1.54) is 11.2 Å². The topological polar surface area (TPSA) is 70.6 Å². The summed E-state index contributed by atoms with van der Waals surface area (Å²) in [6.07, 6.45) is 1.22. The molecule has 0 spiro atoms. The van der Waals surface area contributed by atoms with Crippen LogP contribution in [-0.2, 0) is 16.4 Å². The third-order valence-electron chi connectivity index (χ3n) is 3.88. The summed E-state index contributed by atoms with van der Waals surface area (Å²) in [4.78, 5) is 6.13. The van der Waals surface area contributed by atoms with Gasteiger partial charge in [-0.15, -0.1) is 11.8 Å². The molecule has 0 unspecified atom stereocenters. The number of aryl methyl sites for hydroxylation is 1. The van der Waals surface area contributed by atoms with Crippen molar-refractivity contribution in [2.45, 2.75) is 30.2 Å². The van der Waals surface area contributed by atoms with Crippen LogP contribution in [-0.4, -0.2) is 39.5 Å². The van der Waals surface area contributed by atoms with E-state index >= 15 is 0 Å². The van der Waals surface area contributed by atoms with Crippen molar-refractivity contribution < 1.29 is 8.42 Å². The van der Waals surface area contributed by atoms with Crippen molar-refractivity contribution in [1.82, 2.24) is 10.6 Å². The maximum Gasteiger partial charge on any atom is 0.191 e. The van der Waals surface area contributed by atoms with Crippen molar-refractivity contribution in [3.05, 3.63) is 58.6 Å². The minimum atomic E-state index is -3.20. The number of guanidine groups is 1. The predicted molar refractivity (Wildman–Crippen MR) is 119 cm³/mol. The van der Waals surface area contributed by atoms with Gasteiger partial charge in [-0.3, -0.25) is 0 Å². The Hall–Kier alpha value is -1.70. The molecule has 0 atom stereocenters. The summed E-state index contributed by atoms with van der Waals surface area (Å²) in [5.74, 6) is 1.64. The van der Waals surface area contributed by atoms with Crippen LogP contribution < -0.4 is 10.6 Å². The molecule has 2 N–H and O–H groups in total. The van der Waals surface area contributed by atoms with Gasteiger partial charge in [0.2, 0.25) is 0 Å². The number of nitrogens with zero attached hydrogens (tertiary/aromatic N) is 1. The minimum absolute atomic E-state index is 0.365. The Kier molecular flexibility index (Phi) is 8.66. The fraction of sp³-hybridized carbons (Fsp3) is 0.350. The molecule has 0 radical (unpaired) electrons. The molecule has 0 fully saturated rings. The summed E-state index contributed by atoms with van der Waals surface area (Å²) >= 11 is 7.65. The number of rotatable bonds is 8. The number of nitrogens with one attached hydrogen (secondary N) is 2. The summed E-state index contributed by atoms with van der Waals surface area (Å²) in [5, 5.41) is 7.28. The highest BCUT2D eigenvalue weighted by molar-refractivity contribution is 7.99. The van der Waals surface area contributed by atoms with Crippen LogP contribution >= 0.6 is 23.4 Å². The number of halogens is 1. The van der Waals surface area contributed by atoms with Gasteiger partial charge in [-0.25, -0.2) is 13.4 Å². The summed E-state index contributed by atoms with van der Waals surface area (Å²) in [6, 6.07) is 13.1. The fourth-order valence-electron chi connectivity index (χ4n) is 2.61. The van der Waals surface area contributed by atoms with Crippen LogP contribution in [0.25, 0.3) is 0 Å². The van der Waals surface area contributed by atoms with Crippen LogP contribution in [0.3, 0.4) is 0 Å². The van der Waals surface area contributed by atoms with Gasteiger partial charge in [0.05, 0.1) is 11.4 Å². The predicted octanol–water partition coefficient (Wildman–Crippen LogP) is 3.90. The number of aliphatic imine (C=N–C) groups is 1. The molecule has 0 saturated heterocycles. The van der Waals surface area contributed by atoms with Gasteiger partial charge in [0.1, 0.15) is 0 Å². The van der Waals surface area contributed by atoms with E-state index in [1.54, 1.807) is 24.8 Å². The van der Waals surface area contributed by atoms with Gasteiger partial charge >= 0.3 is 0 Å². The van der Waals surface area contributed by atoms with E-state index in [2.05, 4.69) is 15.6 Å². The molecule has 152 valence electrons. The van der Waals surface area contributed by atoms with Gasteiger partial charge in [-0.2, -0.15) is 0 Å². The van der Waals surface area contributed by atoms with Crippen molar-refractivity contribution >= 4 is 39.2 Å². The number of thioether (sulfide) groups is 1. The van der Waals surface area contributed by atoms with E-state index in [4.69, 9.17) is 11.6 Å². The average Bonchev–Trinajstić information content (AvgIpc) is 2.63. The lowest BCUT2D eigenvalue weighted by Gasteiger charge is -2.12. The van der Waals surface area contributed by atoms with Crippen LogP contribution in [0.15, 0.2) is 57.2 Å². The lowest BCUT2D eigenvalue weighted by molar-refractivity contribution is 0.601. The fourth-order valence-corrected chi connectivity index (χ4v) is 4.46. The Morgan fingerprint density at radius 1 is 1.14 bits per heavy atom. The number of hydrogen-bond acceptors (Lipinski definition) is 4. The first-order chi connectivity index (χ1) is 13.3. The zero-order valence-corrected chi connectivity index (χ0v) is 18.7. The van der Waals surface area contributed by atoms with Crippen LogP contribution in [0.2, 0.25) is 5.02 Å². The maximum atomic E-state index is 11.7. The highest BCUT2D eigenvalue weighted by Gasteiger charge is 2.10. The van der Waals surface area contributed by atoms with Crippen LogP contribution in [0.1, 0.15) is 18.1 Å². The first-order valence-corrected chi connectivity index (χ1v) is 12.2. The number of benzene rings is 2. The van der Waals surface area contributed by atoms with Gasteiger partial charge in [0.25, 0.3) is 0 Å². The Labute approximate surface area is 176 Å². The van der Waals surface area contributed by atoms with Crippen LogP contribution in [0, 0.1) is 6.92 Å². The summed E-state index contributed by atoms with van der Waals surface area (Å²) in [6.45, 7) is 5.84. The van der Waals surface area contributed by atoms with Crippen LogP contribution in [0.4, 0.5) is 0 Å². The lowest BCUT2D eigenvalue weighted by atomic mass is 10.1. The zero-order valence-electron chi connectivity index (χ0n) is 16.3. The molecule has 8 heteroatoms. The van der Waals surface area contributed by atoms with Crippen molar-refractivity contribution in [3.63, 3.8) is 0 Å². The van der Waals surface area contributed by atoms with Crippen molar-refractivity contribution in [3.8, 4) is 0 Å². The van der Waals surface area contributed by atoms with Gasteiger partial charge in [0, 0.05) is 35.0 Å². The SMILES string of the molecule is CCNC(=NCc1ccc(S(C)(=O)=O)c(C)c1)NCCSc1ccc(Cl)cc1. The normalized spacial score (nSPS) is 12.1. The lowest BCUT2D eigenvalue weighted by Crippen LogP contribution is -2.38. The van der Waals surface area contributed by atoms with E-state index in [-0.39, 0.29) is 0 Å². The van der Waals surface area contributed by atoms with Crippen molar-refractivity contribution in [2.24, 2.45) is 4.99 Å². The molecule has 2 rings (SSSR count). The summed E-state index contributed by atoms with van der Waals surface area (Å²) in [7, 11) is -3.20. The zero-order chi connectivity index (χ0) is 20.6. The third-order valence-corrected chi connectivity index (χ3v) is 6.40. The van der Waals surface area contributed by atoms with E-state index in [0.29, 0.717) is 11.4 Å². The molecule has 0 amide bonds. The highest BCUT2D eigenvalue weighted by atomic mass is 35.5. The average molecular weight is 440 g/mol. The molecule has 0 saturated carbocycles. The monoisotopic (exact) mass is 439 g/mol. The van der Waals surface area contributed by atoms with E-state index in [1.807, 2.05) is 43.3 Å². The van der Waals surface area contributed by atoms with Crippen LogP contribution in [0.5, 0.6) is 0 Å². The smallest absolute Gasteiger partial charge is 0.191 e. The molecule has 0 aliphatic heterocycles. The molecule has 2 aromatic carbocycles. The molecule has 0 aromatic heterocycles. The molecule has 0 heterocycles. The van der Waals surface area contributed by atoms with Gasteiger partial charge < -0.3 is 10.6 Å². The minimum Gasteiger partial charge on any atom is -0.357 e. The molecule has 0 aliphatic rings. The third kappa shape index (κ3) is 7.37. The highest BCUT2D eigenvalue weighted by Crippen LogP contribution is 2.20. The second-order valence-corrected chi connectivity index (χ2v) is 9.89. The van der Waals surface area contributed by atoms with E-state index < -0.39 is 9.84 Å². The molecule has 0 aliphatic carbocycles. The van der Waals surface area contributed by atoms with Gasteiger partial charge in [-0.05, 0) is 55.3 Å². The van der Waals surface area contributed by atoms with Gasteiger partial charge in [0.15, 0.2) is 15.8 Å². The Balaban J connectivity index is 1.91. The molecule has 0 bridgehead atoms. The molecule has 28 heavy (non-hydrogen) atoms. The van der Waals surface area contributed by atoms with E-state index in [0.717, 1.165) is 41.0 Å². The Morgan fingerprint density at radius 2 is 1.86 bits per heavy atom. The quantitative estimate of drug-likeness (QED) is 0.282. The second kappa shape index (κ2) is 10.7. The van der Waals surface area contributed by atoms with Gasteiger partial charge in [-0.1, -0.05) is 23.7 Å². The first kappa shape index (κ1) is 22.6. The Morgan fingerprint density at radius 3 is 2.46 bits per heavy atom. The summed E-state index contributed by atoms with van der Waals surface area (Å²) in [5.41, 5.74) is 1.71. The van der Waals surface area contributed by atoms with Crippen molar-refractivity contribution in [1.29, 1.82) is 0 Å². The largest absolute Gasteiger partial charge is 0.357 e. The van der Waals surface area contributed by atoms with Crippen molar-refractivity contribution in [2.75, 3.05) is 25.1 Å². The molecular weight excluding hydrogens is 414 g/mol.